The molecule has 3 rings (SSSR count). The summed E-state index contributed by atoms with van der Waals surface area (Å²) in [7, 11) is 1.53. The van der Waals surface area contributed by atoms with Crippen LogP contribution in [0.1, 0.15) is 19.8 Å². The summed E-state index contributed by atoms with van der Waals surface area (Å²) in [5.41, 5.74) is 1.86. The number of methoxy groups -OCH3 is 1. The molecule has 0 radical (unpaired) electrons. The molecule has 0 bridgehead atoms. The van der Waals surface area contributed by atoms with Gasteiger partial charge in [0.25, 0.3) is 0 Å². The van der Waals surface area contributed by atoms with E-state index in [-0.39, 0.29) is 12.5 Å². The number of carboxylic acid groups (broad SMARTS) is 1. The number of aliphatic carboxylic acids is 1. The van der Waals surface area contributed by atoms with Gasteiger partial charge in [-0.15, -0.1) is 0 Å². The number of carbonyl (C=O) groups is 2. The van der Waals surface area contributed by atoms with E-state index in [4.69, 9.17) is 14.3 Å². The van der Waals surface area contributed by atoms with E-state index >= 15 is 0 Å². The van der Waals surface area contributed by atoms with E-state index in [1.807, 2.05) is 37.3 Å². The van der Waals surface area contributed by atoms with Gasteiger partial charge in [-0.2, -0.15) is 0 Å². The molecule has 0 spiro atoms. The van der Waals surface area contributed by atoms with Crippen molar-refractivity contribution in [1.29, 1.82) is 0 Å². The Morgan fingerprint density at radius 3 is 2.67 bits per heavy atom. The monoisotopic (exact) mass is 370 g/mol. The van der Waals surface area contributed by atoms with Gasteiger partial charge in [0.2, 0.25) is 5.91 Å². The van der Waals surface area contributed by atoms with Gasteiger partial charge in [-0.25, -0.2) is 0 Å². The van der Waals surface area contributed by atoms with Gasteiger partial charge in [0.1, 0.15) is 23.0 Å². The number of hydrogen-bond donors (Lipinski definition) is 3. The van der Waals surface area contributed by atoms with Gasteiger partial charge in [-0.3, -0.25) is 14.9 Å². The van der Waals surface area contributed by atoms with Crippen molar-refractivity contribution >= 4 is 39.5 Å². The minimum Gasteiger partial charge on any atom is -0.495 e. The Morgan fingerprint density at radius 1 is 1.19 bits per heavy atom. The zero-order valence-electron chi connectivity index (χ0n) is 15.2. The summed E-state index contributed by atoms with van der Waals surface area (Å²) in [4.78, 5) is 23.4. The first-order chi connectivity index (χ1) is 13.0. The number of para-hydroxylation sites is 1. The molecule has 7 nitrogen and oxygen atoms in total. The molecule has 0 aliphatic heterocycles. The Morgan fingerprint density at radius 2 is 1.96 bits per heavy atom. The van der Waals surface area contributed by atoms with Gasteiger partial charge in [-0.1, -0.05) is 31.5 Å². The maximum absolute atomic E-state index is 12.3. The lowest BCUT2D eigenvalue weighted by atomic mass is 10.1. The highest BCUT2D eigenvalue weighted by Gasteiger charge is 2.18. The molecule has 0 aliphatic carbocycles. The third-order valence-electron chi connectivity index (χ3n) is 4.36. The van der Waals surface area contributed by atoms with Crippen molar-refractivity contribution in [1.82, 2.24) is 5.32 Å². The van der Waals surface area contributed by atoms with Crippen LogP contribution in [0.2, 0.25) is 0 Å². The zero-order valence-corrected chi connectivity index (χ0v) is 15.2. The number of rotatable bonds is 8. The summed E-state index contributed by atoms with van der Waals surface area (Å²) in [5, 5.41) is 16.5. The van der Waals surface area contributed by atoms with E-state index in [2.05, 4.69) is 10.6 Å². The van der Waals surface area contributed by atoms with Crippen LogP contribution in [0.25, 0.3) is 21.9 Å². The van der Waals surface area contributed by atoms with Crippen molar-refractivity contribution in [2.45, 2.75) is 25.8 Å². The highest BCUT2D eigenvalue weighted by Crippen LogP contribution is 2.36. The van der Waals surface area contributed by atoms with E-state index in [0.717, 1.165) is 16.4 Å². The van der Waals surface area contributed by atoms with Crippen molar-refractivity contribution < 1.29 is 23.8 Å². The fourth-order valence-corrected chi connectivity index (χ4v) is 3.03. The fraction of sp³-hybridized carbons (Fsp3) is 0.300. The van der Waals surface area contributed by atoms with E-state index in [1.54, 1.807) is 6.07 Å². The molecule has 0 saturated heterocycles. The predicted molar refractivity (Wildman–Crippen MR) is 103 cm³/mol. The van der Waals surface area contributed by atoms with Crippen LogP contribution in [0.15, 0.2) is 40.8 Å². The molecule has 1 amide bonds. The second-order valence-corrected chi connectivity index (χ2v) is 6.26. The number of hydrogen-bond acceptors (Lipinski definition) is 5. The molecule has 27 heavy (non-hydrogen) atoms. The van der Waals surface area contributed by atoms with Crippen LogP contribution in [-0.4, -0.2) is 36.7 Å². The van der Waals surface area contributed by atoms with Crippen LogP contribution in [0, 0.1) is 0 Å². The Kier molecular flexibility index (Phi) is 5.61. The molecular weight excluding hydrogens is 348 g/mol. The van der Waals surface area contributed by atoms with Crippen molar-refractivity contribution in [2.24, 2.45) is 0 Å². The predicted octanol–water partition coefficient (Wildman–Crippen LogP) is 3.38. The second kappa shape index (κ2) is 8.09. The lowest BCUT2D eigenvalue weighted by Crippen LogP contribution is -2.41. The molecule has 1 atom stereocenters. The quantitative estimate of drug-likeness (QED) is 0.562. The minimum atomic E-state index is -0.967. The summed E-state index contributed by atoms with van der Waals surface area (Å²) in [6, 6.07) is 10.5. The van der Waals surface area contributed by atoms with Gasteiger partial charge in [0, 0.05) is 16.8 Å². The molecule has 7 heteroatoms. The first-order valence-electron chi connectivity index (χ1n) is 8.78. The average molecular weight is 370 g/mol. The van der Waals surface area contributed by atoms with Crippen molar-refractivity contribution in [3.63, 3.8) is 0 Å². The van der Waals surface area contributed by atoms with Crippen LogP contribution < -0.4 is 15.4 Å². The number of anilines is 1. The van der Waals surface area contributed by atoms with Crippen LogP contribution >= 0.6 is 0 Å². The molecule has 3 N–H and O–H groups in total. The van der Waals surface area contributed by atoms with Crippen molar-refractivity contribution in [2.75, 3.05) is 19.0 Å². The molecule has 2 aromatic carbocycles. The third kappa shape index (κ3) is 4.03. The smallest absolute Gasteiger partial charge is 0.320 e. The Bertz CT molecular complexity index is 979. The summed E-state index contributed by atoms with van der Waals surface area (Å²) in [6.07, 6.45) is 1.17. The Balaban J connectivity index is 1.80. The van der Waals surface area contributed by atoms with E-state index in [9.17, 15) is 9.59 Å². The second-order valence-electron chi connectivity index (χ2n) is 6.26. The Labute approximate surface area is 156 Å². The lowest BCUT2D eigenvalue weighted by Gasteiger charge is -2.14. The number of furan rings is 1. The molecule has 142 valence electrons. The SMILES string of the molecule is CCCC(NCC(=O)Nc1cc2oc3ccccc3c2cc1OC)C(=O)O. The average Bonchev–Trinajstić information content (AvgIpc) is 3.01. The van der Waals surface area contributed by atoms with Crippen LogP contribution in [0.4, 0.5) is 5.69 Å². The molecular formula is C20H22N2O5. The summed E-state index contributed by atoms with van der Waals surface area (Å²) in [5.74, 6) is -0.817. The van der Waals surface area contributed by atoms with Gasteiger partial charge >= 0.3 is 5.97 Å². The summed E-state index contributed by atoms with van der Waals surface area (Å²) < 4.78 is 11.2. The van der Waals surface area contributed by atoms with E-state index < -0.39 is 12.0 Å². The first kappa shape index (κ1) is 18.7. The van der Waals surface area contributed by atoms with Crippen LogP contribution in [0.5, 0.6) is 5.75 Å². The molecule has 0 fully saturated rings. The molecule has 1 unspecified atom stereocenters. The highest BCUT2D eigenvalue weighted by molar-refractivity contribution is 6.07. The number of benzene rings is 2. The number of ether oxygens (including phenoxy) is 1. The first-order valence-corrected chi connectivity index (χ1v) is 8.78. The van der Waals surface area contributed by atoms with Crippen LogP contribution in [0.3, 0.4) is 0 Å². The van der Waals surface area contributed by atoms with E-state index in [0.29, 0.717) is 29.9 Å². The Hall–Kier alpha value is -3.06. The normalized spacial score (nSPS) is 12.2. The van der Waals surface area contributed by atoms with Gasteiger partial charge in [0.15, 0.2) is 0 Å². The topological polar surface area (TPSA) is 101 Å². The molecule has 0 saturated carbocycles. The minimum absolute atomic E-state index is 0.113. The molecule has 3 aromatic rings. The van der Waals surface area contributed by atoms with Gasteiger partial charge < -0.3 is 19.6 Å². The molecule has 1 aromatic heterocycles. The fourth-order valence-electron chi connectivity index (χ4n) is 3.03. The zero-order chi connectivity index (χ0) is 19.4. The third-order valence-corrected chi connectivity index (χ3v) is 4.36. The van der Waals surface area contributed by atoms with E-state index in [1.165, 1.54) is 7.11 Å². The number of fused-ring (bicyclic) bond motifs is 3. The lowest BCUT2D eigenvalue weighted by molar-refractivity contribution is -0.139. The highest BCUT2D eigenvalue weighted by atomic mass is 16.5. The number of carboxylic acids is 1. The standard InChI is InChI=1S/C20H22N2O5/c1-3-6-14(20(24)25)21-11-19(23)22-15-10-17-13(9-18(15)26-2)12-7-4-5-8-16(12)27-17/h4-5,7-10,14,21H,3,6,11H2,1-2H3,(H,22,23)(H,24,25). The number of nitrogens with one attached hydrogen (secondary N) is 2. The van der Waals surface area contributed by atoms with Gasteiger partial charge in [-0.05, 0) is 18.6 Å². The van der Waals surface area contributed by atoms with Crippen molar-refractivity contribution in [3.8, 4) is 5.75 Å². The van der Waals surface area contributed by atoms with Gasteiger partial charge in [0.05, 0.1) is 19.3 Å². The largest absolute Gasteiger partial charge is 0.495 e. The number of carbonyl (C=O) groups excluding carboxylic acids is 1. The summed E-state index contributed by atoms with van der Waals surface area (Å²) in [6.45, 7) is 1.78. The summed E-state index contributed by atoms with van der Waals surface area (Å²) >= 11 is 0. The number of amides is 1. The van der Waals surface area contributed by atoms with Crippen LogP contribution in [-0.2, 0) is 9.59 Å². The molecule has 0 aliphatic rings. The maximum Gasteiger partial charge on any atom is 0.320 e. The molecule has 1 heterocycles. The maximum atomic E-state index is 12.3. The van der Waals surface area contributed by atoms with Crippen molar-refractivity contribution in [3.05, 3.63) is 36.4 Å².